The van der Waals surface area contributed by atoms with E-state index in [2.05, 4.69) is 17.6 Å². The average molecular weight is 129 g/mol. The van der Waals surface area contributed by atoms with Crippen molar-refractivity contribution in [2.75, 3.05) is 26.7 Å². The topological polar surface area (TPSA) is 26.1 Å². The molecule has 2 nitrogen and oxygen atoms in total. The second-order valence-electron chi connectivity index (χ2n) is 2.14. The van der Waals surface area contributed by atoms with Crippen molar-refractivity contribution >= 4 is 0 Å². The van der Waals surface area contributed by atoms with Crippen LogP contribution in [0.2, 0.25) is 0 Å². The second kappa shape index (κ2) is 7.92. The van der Waals surface area contributed by atoms with Gasteiger partial charge in [0.15, 0.2) is 0 Å². The minimum Gasteiger partial charge on any atom is -0.664 e. The van der Waals surface area contributed by atoms with Gasteiger partial charge >= 0.3 is 0 Å². The summed E-state index contributed by atoms with van der Waals surface area (Å²) in [4.78, 5) is 0. The first kappa shape index (κ1) is 8.92. The lowest BCUT2D eigenvalue weighted by Crippen LogP contribution is -2.18. The zero-order valence-corrected chi connectivity index (χ0v) is 6.48. The predicted molar refractivity (Wildman–Crippen MR) is 41.9 cm³/mol. The van der Waals surface area contributed by atoms with Gasteiger partial charge in [-0.05, 0) is 19.5 Å². The first-order chi connectivity index (χ1) is 4.41. The van der Waals surface area contributed by atoms with E-state index in [1.807, 2.05) is 7.05 Å². The van der Waals surface area contributed by atoms with Crippen LogP contribution in [0.4, 0.5) is 0 Å². The Kier molecular flexibility index (Phi) is 7.85. The maximum Gasteiger partial charge on any atom is -0.00497 e. The molecule has 0 heterocycles. The molecule has 56 valence electrons. The van der Waals surface area contributed by atoms with Crippen LogP contribution in [0.3, 0.4) is 0 Å². The van der Waals surface area contributed by atoms with Crippen molar-refractivity contribution in [2.24, 2.45) is 0 Å². The van der Waals surface area contributed by atoms with Crippen LogP contribution < -0.4 is 5.32 Å². The summed E-state index contributed by atoms with van der Waals surface area (Å²) in [5, 5.41) is 7.26. The molecule has 0 radical (unpaired) electrons. The molecule has 0 aromatic rings. The maximum atomic E-state index is 3.97. The Labute approximate surface area is 58.0 Å². The van der Waals surface area contributed by atoms with E-state index >= 15 is 0 Å². The summed E-state index contributed by atoms with van der Waals surface area (Å²) in [5.41, 5.74) is 0. The third kappa shape index (κ3) is 7.92. The molecule has 0 aliphatic carbocycles. The lowest BCUT2D eigenvalue weighted by atomic mass is 10.3. The number of hydrogen-bond acceptors (Lipinski definition) is 1. The first-order valence-corrected chi connectivity index (χ1v) is 3.68. The Morgan fingerprint density at radius 1 is 1.33 bits per heavy atom. The summed E-state index contributed by atoms with van der Waals surface area (Å²) in [5.74, 6) is 0. The standard InChI is InChI=1S/C7H17N2/c1-3-4-5-9-7-6-8-2/h9H,3-7H2,1-2H3/q-1. The molecule has 0 unspecified atom stereocenters. The molecule has 2 heteroatoms. The fraction of sp³-hybridized carbons (Fsp3) is 1.00. The molecule has 0 atom stereocenters. The molecule has 0 rings (SSSR count). The molecule has 0 aliphatic rings. The molecule has 0 aliphatic heterocycles. The van der Waals surface area contributed by atoms with Crippen LogP contribution in [0, 0.1) is 0 Å². The summed E-state index contributed by atoms with van der Waals surface area (Å²) >= 11 is 0. The van der Waals surface area contributed by atoms with Crippen LogP contribution in [0.15, 0.2) is 0 Å². The molecule has 1 N–H and O–H groups in total. The number of hydrogen-bond donors (Lipinski definition) is 1. The van der Waals surface area contributed by atoms with Crippen molar-refractivity contribution in [3.05, 3.63) is 5.32 Å². The SMILES string of the molecule is CCCCNCC[N-]C. The Bertz CT molecular complexity index is 40.2. The Morgan fingerprint density at radius 3 is 2.67 bits per heavy atom. The van der Waals surface area contributed by atoms with Gasteiger partial charge in [0, 0.05) is 0 Å². The minimum atomic E-state index is 0.948. The van der Waals surface area contributed by atoms with Crippen molar-refractivity contribution in [3.63, 3.8) is 0 Å². The molecule has 0 spiro atoms. The van der Waals surface area contributed by atoms with Gasteiger partial charge in [-0.1, -0.05) is 13.3 Å². The van der Waals surface area contributed by atoms with E-state index in [-0.39, 0.29) is 0 Å². The summed E-state index contributed by atoms with van der Waals surface area (Å²) in [6.07, 6.45) is 2.56. The van der Waals surface area contributed by atoms with Crippen molar-refractivity contribution in [1.29, 1.82) is 0 Å². The van der Waals surface area contributed by atoms with E-state index in [0.29, 0.717) is 0 Å². The monoisotopic (exact) mass is 129 g/mol. The van der Waals surface area contributed by atoms with Crippen molar-refractivity contribution < 1.29 is 0 Å². The number of nitrogens with one attached hydrogen (secondary N) is 1. The predicted octanol–water partition coefficient (Wildman–Crippen LogP) is 1.38. The highest BCUT2D eigenvalue weighted by Crippen LogP contribution is 1.81. The smallest absolute Gasteiger partial charge is 0.00497 e. The summed E-state index contributed by atoms with van der Waals surface area (Å²) in [6.45, 7) is 5.33. The van der Waals surface area contributed by atoms with E-state index in [9.17, 15) is 0 Å². The highest BCUT2D eigenvalue weighted by atomic mass is 14.9. The molecule has 0 saturated heterocycles. The third-order valence-corrected chi connectivity index (χ3v) is 1.22. The van der Waals surface area contributed by atoms with Gasteiger partial charge in [-0.2, -0.15) is 7.05 Å². The molecular weight excluding hydrogens is 112 g/mol. The van der Waals surface area contributed by atoms with E-state index in [4.69, 9.17) is 0 Å². The first-order valence-electron chi connectivity index (χ1n) is 3.68. The van der Waals surface area contributed by atoms with E-state index in [0.717, 1.165) is 19.6 Å². The van der Waals surface area contributed by atoms with E-state index in [1.54, 1.807) is 0 Å². The molecule has 0 aromatic heterocycles. The van der Waals surface area contributed by atoms with E-state index in [1.165, 1.54) is 12.8 Å². The zero-order chi connectivity index (χ0) is 6.95. The zero-order valence-electron chi connectivity index (χ0n) is 6.48. The minimum absolute atomic E-state index is 0.948. The van der Waals surface area contributed by atoms with Gasteiger partial charge in [0.1, 0.15) is 0 Å². The number of rotatable bonds is 6. The summed E-state index contributed by atoms with van der Waals surface area (Å²) < 4.78 is 0. The number of likely N-dealkylation sites (N-methyl/N-ethyl adjacent to an activating group) is 1. The normalized spacial score (nSPS) is 10.0. The molecule has 0 saturated carbocycles. The van der Waals surface area contributed by atoms with Crippen LogP contribution in [0.25, 0.3) is 5.32 Å². The molecule has 9 heavy (non-hydrogen) atoms. The molecule has 0 fully saturated rings. The van der Waals surface area contributed by atoms with Crippen molar-refractivity contribution in [3.8, 4) is 0 Å². The van der Waals surface area contributed by atoms with Crippen LogP contribution in [-0.2, 0) is 0 Å². The Hall–Kier alpha value is -0.0800. The van der Waals surface area contributed by atoms with Gasteiger partial charge in [0.2, 0.25) is 0 Å². The summed E-state index contributed by atoms with van der Waals surface area (Å²) in [7, 11) is 1.85. The lowest BCUT2D eigenvalue weighted by molar-refractivity contribution is 0.655. The summed E-state index contributed by atoms with van der Waals surface area (Å²) in [6, 6.07) is 0. The maximum absolute atomic E-state index is 3.97. The van der Waals surface area contributed by atoms with Crippen LogP contribution in [0.1, 0.15) is 19.8 Å². The van der Waals surface area contributed by atoms with Gasteiger partial charge in [-0.3, -0.25) is 0 Å². The molecular formula is C7H17N2-. The van der Waals surface area contributed by atoms with Crippen LogP contribution in [0.5, 0.6) is 0 Å². The highest BCUT2D eigenvalue weighted by molar-refractivity contribution is 4.70. The van der Waals surface area contributed by atoms with Gasteiger partial charge in [-0.15, -0.1) is 6.54 Å². The van der Waals surface area contributed by atoms with Gasteiger partial charge in [0.25, 0.3) is 0 Å². The Morgan fingerprint density at radius 2 is 2.11 bits per heavy atom. The largest absolute Gasteiger partial charge is 0.664 e. The lowest BCUT2D eigenvalue weighted by Gasteiger charge is -2.10. The number of unbranched alkanes of at least 4 members (excludes halogenated alkanes) is 1. The quantitative estimate of drug-likeness (QED) is 0.539. The molecule has 0 amide bonds. The highest BCUT2D eigenvalue weighted by Gasteiger charge is 1.79. The fourth-order valence-electron chi connectivity index (χ4n) is 0.618. The fourth-order valence-corrected chi connectivity index (χ4v) is 0.618. The second-order valence-corrected chi connectivity index (χ2v) is 2.14. The van der Waals surface area contributed by atoms with Crippen LogP contribution in [-0.4, -0.2) is 26.7 Å². The average Bonchev–Trinajstić information content (AvgIpc) is 1.89. The van der Waals surface area contributed by atoms with Gasteiger partial charge < -0.3 is 10.6 Å². The van der Waals surface area contributed by atoms with Gasteiger partial charge in [-0.25, -0.2) is 0 Å². The molecule has 0 bridgehead atoms. The third-order valence-electron chi connectivity index (χ3n) is 1.22. The Balaban J connectivity index is 2.60. The van der Waals surface area contributed by atoms with Crippen molar-refractivity contribution in [2.45, 2.75) is 19.8 Å². The van der Waals surface area contributed by atoms with E-state index < -0.39 is 0 Å². The van der Waals surface area contributed by atoms with Crippen molar-refractivity contribution in [1.82, 2.24) is 5.32 Å². The van der Waals surface area contributed by atoms with Crippen LogP contribution >= 0.6 is 0 Å². The molecule has 0 aromatic carbocycles. The number of nitrogens with zero attached hydrogens (tertiary/aromatic N) is 1. The van der Waals surface area contributed by atoms with Gasteiger partial charge in [0.05, 0.1) is 0 Å².